The first-order chi connectivity index (χ1) is 18.2. The molecule has 3 aromatic heterocycles. The summed E-state index contributed by atoms with van der Waals surface area (Å²) in [5.74, 6) is 0. The highest BCUT2D eigenvalue weighted by molar-refractivity contribution is 7.19. The van der Waals surface area contributed by atoms with E-state index in [1.54, 1.807) is 11.3 Å². The number of hydrogen-bond donors (Lipinski definition) is 0. The zero-order valence-corrected chi connectivity index (χ0v) is 21.2. The lowest BCUT2D eigenvalue weighted by Crippen LogP contribution is -1.96. The van der Waals surface area contributed by atoms with Crippen LogP contribution in [0.1, 0.15) is 11.9 Å². The quantitative estimate of drug-likeness (QED) is 0.181. The van der Waals surface area contributed by atoms with Crippen LogP contribution in [0.15, 0.2) is 116 Å². The summed E-state index contributed by atoms with van der Waals surface area (Å²) in [7, 11) is 0. The van der Waals surface area contributed by atoms with E-state index in [4.69, 9.17) is 9.97 Å². The molecule has 4 heteroatoms. The maximum atomic E-state index is 4.82. The van der Waals surface area contributed by atoms with Crippen molar-refractivity contribution in [1.29, 1.82) is 0 Å². The van der Waals surface area contributed by atoms with Gasteiger partial charge in [0.15, 0.2) is 0 Å². The second-order valence-electron chi connectivity index (χ2n) is 9.08. The van der Waals surface area contributed by atoms with E-state index in [2.05, 4.69) is 97.0 Å². The number of allylic oxidation sites excluding steroid dienone is 5. The summed E-state index contributed by atoms with van der Waals surface area (Å²) < 4.78 is 3.54. The molecular weight excluding hydrogens is 470 g/mol. The Morgan fingerprint density at radius 1 is 0.811 bits per heavy atom. The third kappa shape index (κ3) is 3.34. The fourth-order valence-electron chi connectivity index (χ4n) is 5.32. The molecule has 176 valence electrons. The lowest BCUT2D eigenvalue weighted by Gasteiger charge is -2.12. The number of nitrogens with zero attached hydrogens (tertiary/aromatic N) is 3. The van der Waals surface area contributed by atoms with E-state index in [9.17, 15) is 0 Å². The standard InChI is InChI=1S/C33H23N3S/c1-3-22(19-18-21(2)33-35-27-15-7-9-17-29(27)37-33)36-28-16-8-6-13-25(28)30-23-11-4-5-12-24(23)31-26(32(30)36)14-10-20-34-31/h3-20H,2H2,1H3/b19-18-,22-3+. The van der Waals surface area contributed by atoms with Gasteiger partial charge in [0.2, 0.25) is 0 Å². The molecule has 7 aromatic rings. The maximum Gasteiger partial charge on any atom is 0.124 e. The van der Waals surface area contributed by atoms with E-state index in [0.29, 0.717) is 0 Å². The predicted molar refractivity (Wildman–Crippen MR) is 160 cm³/mol. The Bertz CT molecular complexity index is 2040. The van der Waals surface area contributed by atoms with E-state index in [1.807, 2.05) is 30.5 Å². The smallest absolute Gasteiger partial charge is 0.124 e. The fourth-order valence-corrected chi connectivity index (χ4v) is 6.24. The Hall–Kier alpha value is -4.54. The molecule has 0 aliphatic heterocycles. The molecule has 3 heterocycles. The van der Waals surface area contributed by atoms with Crippen molar-refractivity contribution in [2.24, 2.45) is 0 Å². The van der Waals surface area contributed by atoms with Crippen molar-refractivity contribution in [3.8, 4) is 0 Å². The summed E-state index contributed by atoms with van der Waals surface area (Å²) in [6.45, 7) is 6.42. The summed E-state index contributed by atoms with van der Waals surface area (Å²) in [6, 6.07) is 29.7. The number of hydrogen-bond acceptors (Lipinski definition) is 3. The molecule has 3 nitrogen and oxygen atoms in total. The summed E-state index contributed by atoms with van der Waals surface area (Å²) in [5, 5.41) is 6.97. The molecule has 0 fully saturated rings. The summed E-state index contributed by atoms with van der Waals surface area (Å²) >= 11 is 1.67. The average Bonchev–Trinajstić information content (AvgIpc) is 3.54. The molecule has 4 aromatic carbocycles. The molecule has 7 rings (SSSR count). The number of aromatic nitrogens is 3. The van der Waals surface area contributed by atoms with Gasteiger partial charge in [0.25, 0.3) is 0 Å². The van der Waals surface area contributed by atoms with Gasteiger partial charge in [-0.3, -0.25) is 4.98 Å². The van der Waals surface area contributed by atoms with E-state index >= 15 is 0 Å². The maximum absolute atomic E-state index is 4.82. The average molecular weight is 494 g/mol. The van der Waals surface area contributed by atoms with Crippen LogP contribution in [0.2, 0.25) is 0 Å². The van der Waals surface area contributed by atoms with Crippen LogP contribution in [0.4, 0.5) is 0 Å². The minimum Gasteiger partial charge on any atom is -0.309 e. The van der Waals surface area contributed by atoms with Gasteiger partial charge >= 0.3 is 0 Å². The first kappa shape index (κ1) is 21.7. The van der Waals surface area contributed by atoms with Gasteiger partial charge in [0, 0.05) is 39.0 Å². The highest BCUT2D eigenvalue weighted by Gasteiger charge is 2.19. The SMILES string of the molecule is C=C(/C=C\C(=C/C)n1c2ccccc2c2c3ccccc3c3ncccc3c21)c1nc2ccccc2s1. The normalized spacial score (nSPS) is 12.6. The van der Waals surface area contributed by atoms with Gasteiger partial charge in [-0.05, 0) is 48.7 Å². The van der Waals surface area contributed by atoms with Crippen LogP contribution in [0.25, 0.3) is 65.0 Å². The van der Waals surface area contributed by atoms with Crippen molar-refractivity contribution in [1.82, 2.24) is 14.5 Å². The van der Waals surface area contributed by atoms with Crippen molar-refractivity contribution in [3.63, 3.8) is 0 Å². The molecule has 0 bridgehead atoms. The molecule has 0 saturated carbocycles. The minimum atomic E-state index is 0.901. The van der Waals surface area contributed by atoms with Gasteiger partial charge in [0.1, 0.15) is 5.01 Å². The monoisotopic (exact) mass is 493 g/mol. The molecule has 37 heavy (non-hydrogen) atoms. The van der Waals surface area contributed by atoms with Crippen molar-refractivity contribution in [2.75, 3.05) is 0 Å². The van der Waals surface area contributed by atoms with Gasteiger partial charge in [0.05, 0.1) is 26.8 Å². The van der Waals surface area contributed by atoms with Crippen molar-refractivity contribution < 1.29 is 0 Å². The Morgan fingerprint density at radius 2 is 1.54 bits per heavy atom. The molecule has 0 unspecified atom stereocenters. The Balaban J connectivity index is 1.48. The number of para-hydroxylation sites is 2. The summed E-state index contributed by atoms with van der Waals surface area (Å²) in [6.07, 6.45) is 8.27. The zero-order valence-electron chi connectivity index (χ0n) is 20.3. The molecule has 0 aliphatic carbocycles. The topological polar surface area (TPSA) is 30.7 Å². The molecular formula is C33H23N3S. The second-order valence-corrected chi connectivity index (χ2v) is 10.1. The number of pyridine rings is 1. The summed E-state index contributed by atoms with van der Waals surface area (Å²) in [4.78, 5) is 9.61. The molecule has 0 aliphatic rings. The minimum absolute atomic E-state index is 0.901. The number of fused-ring (bicyclic) bond motifs is 9. The van der Waals surface area contributed by atoms with Crippen LogP contribution in [0.5, 0.6) is 0 Å². The van der Waals surface area contributed by atoms with Gasteiger partial charge < -0.3 is 4.57 Å². The van der Waals surface area contributed by atoms with E-state index in [0.717, 1.165) is 32.7 Å². The van der Waals surface area contributed by atoms with Crippen LogP contribution in [-0.2, 0) is 0 Å². The number of rotatable bonds is 4. The first-order valence-corrected chi connectivity index (χ1v) is 13.1. The third-order valence-electron chi connectivity index (χ3n) is 6.97. The van der Waals surface area contributed by atoms with E-state index in [-0.39, 0.29) is 0 Å². The Kier molecular flexibility index (Phi) is 5.01. The number of benzene rings is 4. The Morgan fingerprint density at radius 3 is 2.38 bits per heavy atom. The molecule has 0 amide bonds. The van der Waals surface area contributed by atoms with Crippen LogP contribution < -0.4 is 0 Å². The van der Waals surface area contributed by atoms with Crippen molar-refractivity contribution in [2.45, 2.75) is 6.92 Å². The lowest BCUT2D eigenvalue weighted by atomic mass is 10.00. The fraction of sp³-hybridized carbons (Fsp3) is 0.0303. The largest absolute Gasteiger partial charge is 0.309 e. The van der Waals surface area contributed by atoms with Gasteiger partial charge in [-0.2, -0.15) is 0 Å². The lowest BCUT2D eigenvalue weighted by molar-refractivity contribution is 1.24. The van der Waals surface area contributed by atoms with Crippen LogP contribution in [0.3, 0.4) is 0 Å². The highest BCUT2D eigenvalue weighted by Crippen LogP contribution is 2.41. The number of thiazole rings is 1. The second kappa shape index (κ2) is 8.54. The van der Waals surface area contributed by atoms with E-state index < -0.39 is 0 Å². The molecule has 0 radical (unpaired) electrons. The zero-order chi connectivity index (χ0) is 24.9. The van der Waals surface area contributed by atoms with Crippen LogP contribution >= 0.6 is 11.3 Å². The molecule has 0 saturated heterocycles. The third-order valence-corrected chi connectivity index (χ3v) is 8.08. The predicted octanol–water partition coefficient (Wildman–Crippen LogP) is 9.24. The van der Waals surface area contributed by atoms with Crippen LogP contribution in [0, 0.1) is 0 Å². The van der Waals surface area contributed by atoms with Gasteiger partial charge in [-0.1, -0.05) is 73.3 Å². The highest BCUT2D eigenvalue weighted by atomic mass is 32.1. The molecule has 0 spiro atoms. The van der Waals surface area contributed by atoms with Gasteiger partial charge in [-0.15, -0.1) is 11.3 Å². The summed E-state index contributed by atoms with van der Waals surface area (Å²) in [5.41, 5.74) is 6.35. The Labute approximate surface area is 218 Å². The van der Waals surface area contributed by atoms with Crippen molar-refractivity contribution >= 4 is 76.3 Å². The van der Waals surface area contributed by atoms with Crippen molar-refractivity contribution in [3.05, 3.63) is 121 Å². The molecule has 0 N–H and O–H groups in total. The van der Waals surface area contributed by atoms with E-state index in [1.165, 1.54) is 37.3 Å². The first-order valence-electron chi connectivity index (χ1n) is 12.3. The molecule has 0 atom stereocenters. The van der Waals surface area contributed by atoms with Crippen LogP contribution in [-0.4, -0.2) is 14.5 Å². The van der Waals surface area contributed by atoms with Gasteiger partial charge in [-0.25, -0.2) is 4.98 Å².